The Kier molecular flexibility index (Phi) is 4.81. The minimum atomic E-state index is -0.0144. The van der Waals surface area contributed by atoms with E-state index in [9.17, 15) is 0 Å². The minimum Gasteiger partial charge on any atom is -0.497 e. The number of nitrogens with one attached hydrogen (secondary N) is 1. The SMILES string of the molecule is COc1ccc(OC)c(NC(N)=NC2CC(OC)C2(C)C)c1. The first-order valence-corrected chi connectivity index (χ1v) is 7.27. The summed E-state index contributed by atoms with van der Waals surface area (Å²) < 4.78 is 16.0. The van der Waals surface area contributed by atoms with Gasteiger partial charge in [-0.1, -0.05) is 13.8 Å². The second-order valence-electron chi connectivity index (χ2n) is 6.00. The van der Waals surface area contributed by atoms with Crippen LogP contribution < -0.4 is 20.5 Å². The molecule has 0 heterocycles. The molecule has 0 bridgehead atoms. The Balaban J connectivity index is 2.12. The summed E-state index contributed by atoms with van der Waals surface area (Å²) >= 11 is 0. The Morgan fingerprint density at radius 2 is 2.00 bits per heavy atom. The van der Waals surface area contributed by atoms with Gasteiger partial charge in [-0.25, -0.2) is 4.99 Å². The Labute approximate surface area is 131 Å². The average Bonchev–Trinajstić information content (AvgIpc) is 2.50. The molecule has 0 saturated heterocycles. The summed E-state index contributed by atoms with van der Waals surface area (Å²) in [5.74, 6) is 1.76. The number of anilines is 1. The number of nitrogens with two attached hydrogens (primary N) is 1. The summed E-state index contributed by atoms with van der Waals surface area (Å²) in [6.45, 7) is 4.27. The molecule has 6 heteroatoms. The molecule has 0 spiro atoms. The van der Waals surface area contributed by atoms with Gasteiger partial charge in [0.25, 0.3) is 0 Å². The smallest absolute Gasteiger partial charge is 0.193 e. The van der Waals surface area contributed by atoms with Crippen molar-refractivity contribution in [2.45, 2.75) is 32.4 Å². The van der Waals surface area contributed by atoms with E-state index in [1.165, 1.54) is 0 Å². The molecule has 122 valence electrons. The highest BCUT2D eigenvalue weighted by atomic mass is 16.5. The highest BCUT2D eigenvalue weighted by Gasteiger charge is 2.48. The van der Waals surface area contributed by atoms with E-state index in [-0.39, 0.29) is 17.6 Å². The van der Waals surface area contributed by atoms with E-state index in [1.807, 2.05) is 18.2 Å². The lowest BCUT2D eigenvalue weighted by Gasteiger charge is -2.48. The molecule has 2 rings (SSSR count). The van der Waals surface area contributed by atoms with E-state index >= 15 is 0 Å². The monoisotopic (exact) mass is 307 g/mol. The third kappa shape index (κ3) is 3.11. The molecular weight excluding hydrogens is 282 g/mol. The van der Waals surface area contributed by atoms with Crippen LogP contribution in [0.1, 0.15) is 20.3 Å². The van der Waals surface area contributed by atoms with Crippen LogP contribution in [0.3, 0.4) is 0 Å². The molecule has 1 aliphatic carbocycles. The molecule has 22 heavy (non-hydrogen) atoms. The normalized spacial score (nSPS) is 23.6. The maximum Gasteiger partial charge on any atom is 0.193 e. The molecule has 6 nitrogen and oxygen atoms in total. The van der Waals surface area contributed by atoms with E-state index in [1.54, 1.807) is 21.3 Å². The first kappa shape index (κ1) is 16.4. The van der Waals surface area contributed by atoms with Gasteiger partial charge in [-0.2, -0.15) is 0 Å². The van der Waals surface area contributed by atoms with Crippen molar-refractivity contribution in [3.8, 4) is 11.5 Å². The summed E-state index contributed by atoms with van der Waals surface area (Å²) in [6, 6.07) is 5.62. The van der Waals surface area contributed by atoms with E-state index in [4.69, 9.17) is 19.9 Å². The molecule has 3 N–H and O–H groups in total. The van der Waals surface area contributed by atoms with Crippen LogP contribution in [-0.4, -0.2) is 39.4 Å². The zero-order valence-electron chi connectivity index (χ0n) is 13.8. The van der Waals surface area contributed by atoms with Gasteiger partial charge in [0.1, 0.15) is 11.5 Å². The maximum absolute atomic E-state index is 6.04. The predicted octanol–water partition coefficient (Wildman–Crippen LogP) is 2.24. The molecular formula is C16H25N3O3. The van der Waals surface area contributed by atoms with Gasteiger partial charge < -0.3 is 25.3 Å². The molecule has 0 aromatic heterocycles. The maximum atomic E-state index is 6.04. The van der Waals surface area contributed by atoms with Crippen LogP contribution in [0.4, 0.5) is 5.69 Å². The van der Waals surface area contributed by atoms with Crippen molar-refractivity contribution >= 4 is 11.6 Å². The summed E-state index contributed by atoms with van der Waals surface area (Å²) in [6.07, 6.45) is 1.10. The van der Waals surface area contributed by atoms with Crippen LogP contribution in [0.25, 0.3) is 0 Å². The Morgan fingerprint density at radius 1 is 1.27 bits per heavy atom. The number of methoxy groups -OCH3 is 3. The van der Waals surface area contributed by atoms with Crippen LogP contribution in [0.15, 0.2) is 23.2 Å². The molecule has 0 radical (unpaired) electrons. The molecule has 2 unspecified atom stereocenters. The van der Waals surface area contributed by atoms with Crippen molar-refractivity contribution in [1.29, 1.82) is 0 Å². The van der Waals surface area contributed by atoms with Crippen LogP contribution in [0.5, 0.6) is 11.5 Å². The lowest BCUT2D eigenvalue weighted by Crippen LogP contribution is -2.54. The lowest BCUT2D eigenvalue weighted by atomic mass is 9.65. The standard InChI is InChI=1S/C16H25N3O3/c1-16(2)13(9-14(16)22-5)19-15(17)18-11-8-10(20-3)6-7-12(11)21-4/h6-8,13-14H,9H2,1-5H3,(H3,17,18,19). The number of aliphatic imine (C=N–C) groups is 1. The van der Waals surface area contributed by atoms with Crippen LogP contribution in [0, 0.1) is 5.41 Å². The number of rotatable bonds is 5. The highest BCUT2D eigenvalue weighted by molar-refractivity contribution is 5.94. The van der Waals surface area contributed by atoms with Crippen molar-refractivity contribution in [1.82, 2.24) is 0 Å². The lowest BCUT2D eigenvalue weighted by molar-refractivity contribution is -0.0850. The molecule has 1 fully saturated rings. The fraction of sp³-hybridized carbons (Fsp3) is 0.562. The Bertz CT molecular complexity index is 558. The van der Waals surface area contributed by atoms with Crippen LogP contribution in [-0.2, 0) is 4.74 Å². The number of benzene rings is 1. The van der Waals surface area contributed by atoms with E-state index in [2.05, 4.69) is 24.2 Å². The third-order valence-electron chi connectivity index (χ3n) is 4.37. The van der Waals surface area contributed by atoms with Gasteiger partial charge in [0.05, 0.1) is 32.1 Å². The van der Waals surface area contributed by atoms with Gasteiger partial charge in [0.15, 0.2) is 5.96 Å². The highest BCUT2D eigenvalue weighted by Crippen LogP contribution is 2.44. The topological polar surface area (TPSA) is 78.1 Å². The zero-order valence-corrected chi connectivity index (χ0v) is 13.8. The van der Waals surface area contributed by atoms with E-state index in [0.717, 1.165) is 17.9 Å². The van der Waals surface area contributed by atoms with Gasteiger partial charge in [0, 0.05) is 18.6 Å². The van der Waals surface area contributed by atoms with Crippen molar-refractivity contribution in [2.75, 3.05) is 26.6 Å². The number of nitrogens with zero attached hydrogens (tertiary/aromatic N) is 1. The summed E-state index contributed by atoms with van der Waals surface area (Å²) in [4.78, 5) is 4.57. The molecule has 2 atom stereocenters. The molecule has 0 aliphatic heterocycles. The largest absolute Gasteiger partial charge is 0.497 e. The molecule has 1 aromatic rings. The minimum absolute atomic E-state index is 0.0144. The van der Waals surface area contributed by atoms with Gasteiger partial charge in [-0.3, -0.25) is 0 Å². The third-order valence-corrected chi connectivity index (χ3v) is 4.37. The second kappa shape index (κ2) is 6.44. The summed E-state index contributed by atoms with van der Waals surface area (Å²) in [7, 11) is 4.96. The van der Waals surface area contributed by atoms with Crippen molar-refractivity contribution in [3.63, 3.8) is 0 Å². The fourth-order valence-electron chi connectivity index (χ4n) is 2.73. The fourth-order valence-corrected chi connectivity index (χ4v) is 2.73. The number of guanidine groups is 1. The predicted molar refractivity (Wildman–Crippen MR) is 87.8 cm³/mol. The molecule has 0 amide bonds. The quantitative estimate of drug-likeness (QED) is 0.644. The first-order valence-electron chi connectivity index (χ1n) is 7.27. The van der Waals surface area contributed by atoms with E-state index < -0.39 is 0 Å². The Hall–Kier alpha value is -1.95. The van der Waals surface area contributed by atoms with Crippen molar-refractivity contribution < 1.29 is 14.2 Å². The van der Waals surface area contributed by atoms with Gasteiger partial charge in [-0.15, -0.1) is 0 Å². The summed E-state index contributed by atoms with van der Waals surface area (Å²) in [5, 5.41) is 3.09. The Morgan fingerprint density at radius 3 is 2.55 bits per heavy atom. The zero-order chi connectivity index (χ0) is 16.3. The molecule has 1 aliphatic rings. The number of hydrogen-bond donors (Lipinski definition) is 2. The van der Waals surface area contributed by atoms with E-state index in [0.29, 0.717) is 11.7 Å². The van der Waals surface area contributed by atoms with Gasteiger partial charge in [-0.05, 0) is 18.6 Å². The van der Waals surface area contributed by atoms with Gasteiger partial charge in [0.2, 0.25) is 0 Å². The second-order valence-corrected chi connectivity index (χ2v) is 6.00. The summed E-state index contributed by atoms with van der Waals surface area (Å²) in [5.41, 5.74) is 6.75. The van der Waals surface area contributed by atoms with Crippen LogP contribution >= 0.6 is 0 Å². The van der Waals surface area contributed by atoms with Crippen molar-refractivity contribution in [3.05, 3.63) is 18.2 Å². The molecule has 1 aromatic carbocycles. The van der Waals surface area contributed by atoms with Crippen molar-refractivity contribution in [2.24, 2.45) is 16.1 Å². The number of ether oxygens (including phenoxy) is 3. The average molecular weight is 307 g/mol. The number of hydrogen-bond acceptors (Lipinski definition) is 4. The van der Waals surface area contributed by atoms with Gasteiger partial charge >= 0.3 is 0 Å². The molecule has 1 saturated carbocycles. The van der Waals surface area contributed by atoms with Crippen LogP contribution in [0.2, 0.25) is 0 Å². The first-order chi connectivity index (χ1) is 10.4.